The molecule has 0 atom stereocenters. The second-order valence-corrected chi connectivity index (χ2v) is 5.59. The number of benzene rings is 2. The molecule has 24 heavy (non-hydrogen) atoms. The highest BCUT2D eigenvalue weighted by atomic mass is 79.9. The standard InChI is InChI=1S/C17H16BrNO5/c1-22-13-7-4-8-14(23-2)16(13)17(21)24-10-15(20)19-12-6-3-5-11(18)9-12/h3-9H,10H2,1-2H3,(H,19,20). The highest BCUT2D eigenvalue weighted by molar-refractivity contribution is 9.10. The maximum absolute atomic E-state index is 12.2. The molecular weight excluding hydrogens is 378 g/mol. The summed E-state index contributed by atoms with van der Waals surface area (Å²) in [7, 11) is 2.87. The highest BCUT2D eigenvalue weighted by Gasteiger charge is 2.20. The molecule has 2 rings (SSSR count). The summed E-state index contributed by atoms with van der Waals surface area (Å²) in [6.07, 6.45) is 0. The van der Waals surface area contributed by atoms with Gasteiger partial charge < -0.3 is 19.5 Å². The van der Waals surface area contributed by atoms with Crippen LogP contribution in [-0.4, -0.2) is 32.7 Å². The molecule has 0 aliphatic carbocycles. The molecule has 0 aliphatic rings. The lowest BCUT2D eigenvalue weighted by molar-refractivity contribution is -0.119. The molecule has 0 radical (unpaired) electrons. The van der Waals surface area contributed by atoms with Crippen LogP contribution in [0, 0.1) is 0 Å². The molecule has 0 saturated carbocycles. The molecule has 0 bridgehead atoms. The van der Waals surface area contributed by atoms with Crippen molar-refractivity contribution in [3.8, 4) is 11.5 Å². The Kier molecular flexibility index (Phi) is 6.20. The van der Waals surface area contributed by atoms with E-state index in [1.165, 1.54) is 14.2 Å². The van der Waals surface area contributed by atoms with Crippen LogP contribution < -0.4 is 14.8 Å². The quantitative estimate of drug-likeness (QED) is 0.762. The average Bonchev–Trinajstić information content (AvgIpc) is 2.58. The summed E-state index contributed by atoms with van der Waals surface area (Å²) in [6, 6.07) is 12.0. The van der Waals surface area contributed by atoms with E-state index in [-0.39, 0.29) is 5.56 Å². The highest BCUT2D eigenvalue weighted by Crippen LogP contribution is 2.28. The van der Waals surface area contributed by atoms with Crippen molar-refractivity contribution in [2.75, 3.05) is 26.1 Å². The van der Waals surface area contributed by atoms with Crippen LogP contribution in [0.4, 0.5) is 5.69 Å². The minimum Gasteiger partial charge on any atom is -0.496 e. The van der Waals surface area contributed by atoms with Crippen LogP contribution in [0.5, 0.6) is 11.5 Å². The number of methoxy groups -OCH3 is 2. The minimum absolute atomic E-state index is 0.137. The van der Waals surface area contributed by atoms with Gasteiger partial charge in [0.15, 0.2) is 6.61 Å². The van der Waals surface area contributed by atoms with Crippen molar-refractivity contribution in [3.63, 3.8) is 0 Å². The summed E-state index contributed by atoms with van der Waals surface area (Å²) in [5.74, 6) is -0.525. The molecule has 7 heteroatoms. The number of anilines is 1. The van der Waals surface area contributed by atoms with Gasteiger partial charge in [-0.05, 0) is 30.3 Å². The number of carbonyl (C=O) groups is 2. The number of ether oxygens (including phenoxy) is 3. The van der Waals surface area contributed by atoms with Crippen molar-refractivity contribution in [2.45, 2.75) is 0 Å². The van der Waals surface area contributed by atoms with E-state index >= 15 is 0 Å². The van der Waals surface area contributed by atoms with Gasteiger partial charge in [0.1, 0.15) is 17.1 Å². The Bertz CT molecular complexity index is 725. The third kappa shape index (κ3) is 4.48. The molecule has 126 valence electrons. The Morgan fingerprint density at radius 3 is 2.25 bits per heavy atom. The van der Waals surface area contributed by atoms with Crippen molar-refractivity contribution >= 4 is 33.5 Å². The fourth-order valence-electron chi connectivity index (χ4n) is 2.02. The lowest BCUT2D eigenvalue weighted by Crippen LogP contribution is -2.21. The predicted molar refractivity (Wildman–Crippen MR) is 92.6 cm³/mol. The second-order valence-electron chi connectivity index (χ2n) is 4.67. The van der Waals surface area contributed by atoms with Crippen LogP contribution in [0.3, 0.4) is 0 Å². The molecule has 1 amide bonds. The minimum atomic E-state index is -0.700. The van der Waals surface area contributed by atoms with Gasteiger partial charge >= 0.3 is 5.97 Å². The Balaban J connectivity index is 2.02. The van der Waals surface area contributed by atoms with Crippen molar-refractivity contribution in [1.82, 2.24) is 0 Å². The van der Waals surface area contributed by atoms with Crippen molar-refractivity contribution < 1.29 is 23.8 Å². The van der Waals surface area contributed by atoms with Crippen molar-refractivity contribution in [3.05, 3.63) is 52.5 Å². The Morgan fingerprint density at radius 1 is 1.04 bits per heavy atom. The fraction of sp³-hybridized carbons (Fsp3) is 0.176. The normalized spacial score (nSPS) is 9.96. The number of hydrogen-bond donors (Lipinski definition) is 1. The zero-order chi connectivity index (χ0) is 17.5. The van der Waals surface area contributed by atoms with Gasteiger partial charge in [-0.15, -0.1) is 0 Å². The summed E-state index contributed by atoms with van der Waals surface area (Å²) < 4.78 is 16.2. The smallest absolute Gasteiger partial charge is 0.346 e. The number of carbonyl (C=O) groups excluding carboxylic acids is 2. The van der Waals surface area contributed by atoms with Crippen LogP contribution in [-0.2, 0) is 9.53 Å². The van der Waals surface area contributed by atoms with E-state index in [1.54, 1.807) is 36.4 Å². The predicted octanol–water partition coefficient (Wildman–Crippen LogP) is 3.26. The summed E-state index contributed by atoms with van der Waals surface area (Å²) >= 11 is 3.31. The van der Waals surface area contributed by atoms with Gasteiger partial charge in [-0.3, -0.25) is 4.79 Å². The summed E-state index contributed by atoms with van der Waals surface area (Å²) in [5, 5.41) is 2.64. The molecule has 1 N–H and O–H groups in total. The van der Waals surface area contributed by atoms with Gasteiger partial charge in [0.05, 0.1) is 14.2 Å². The molecule has 2 aromatic carbocycles. The maximum atomic E-state index is 12.2. The zero-order valence-corrected chi connectivity index (χ0v) is 14.8. The van der Waals surface area contributed by atoms with Gasteiger partial charge in [0.25, 0.3) is 5.91 Å². The Morgan fingerprint density at radius 2 is 1.67 bits per heavy atom. The first kappa shape index (κ1) is 17.8. The van der Waals surface area contributed by atoms with E-state index in [9.17, 15) is 9.59 Å². The number of halogens is 1. The van der Waals surface area contributed by atoms with E-state index < -0.39 is 18.5 Å². The van der Waals surface area contributed by atoms with Gasteiger partial charge in [-0.25, -0.2) is 4.79 Å². The first-order chi connectivity index (χ1) is 11.5. The average molecular weight is 394 g/mol. The monoisotopic (exact) mass is 393 g/mol. The molecule has 0 fully saturated rings. The molecule has 0 saturated heterocycles. The van der Waals surface area contributed by atoms with Crippen LogP contribution in [0.25, 0.3) is 0 Å². The number of esters is 1. The number of nitrogens with one attached hydrogen (secondary N) is 1. The van der Waals surface area contributed by atoms with Crippen LogP contribution in [0.2, 0.25) is 0 Å². The lowest BCUT2D eigenvalue weighted by atomic mass is 10.2. The van der Waals surface area contributed by atoms with Crippen molar-refractivity contribution in [2.24, 2.45) is 0 Å². The molecule has 6 nitrogen and oxygen atoms in total. The van der Waals surface area contributed by atoms with Crippen LogP contribution >= 0.6 is 15.9 Å². The molecule has 0 heterocycles. The summed E-state index contributed by atoms with van der Waals surface area (Å²) in [4.78, 5) is 24.1. The lowest BCUT2D eigenvalue weighted by Gasteiger charge is -2.12. The van der Waals surface area contributed by atoms with Crippen molar-refractivity contribution in [1.29, 1.82) is 0 Å². The SMILES string of the molecule is COc1cccc(OC)c1C(=O)OCC(=O)Nc1cccc(Br)c1. The second kappa shape index (κ2) is 8.35. The van der Waals surface area contributed by atoms with E-state index in [4.69, 9.17) is 14.2 Å². The third-order valence-corrected chi connectivity index (χ3v) is 3.57. The Hall–Kier alpha value is -2.54. The topological polar surface area (TPSA) is 73.9 Å². The molecule has 0 aromatic heterocycles. The number of hydrogen-bond acceptors (Lipinski definition) is 5. The van der Waals surface area contributed by atoms with Gasteiger partial charge in [0.2, 0.25) is 0 Å². The summed E-state index contributed by atoms with van der Waals surface area (Å²) in [5.41, 5.74) is 0.734. The number of amides is 1. The number of rotatable bonds is 6. The summed E-state index contributed by atoms with van der Waals surface area (Å²) in [6.45, 7) is -0.424. The first-order valence-electron chi connectivity index (χ1n) is 6.98. The van der Waals surface area contributed by atoms with E-state index in [2.05, 4.69) is 21.2 Å². The third-order valence-electron chi connectivity index (χ3n) is 3.07. The molecule has 0 spiro atoms. The van der Waals surface area contributed by atoms with E-state index in [0.717, 1.165) is 4.47 Å². The zero-order valence-electron chi connectivity index (χ0n) is 13.2. The molecular formula is C17H16BrNO5. The largest absolute Gasteiger partial charge is 0.496 e. The van der Waals surface area contributed by atoms with Gasteiger partial charge in [-0.2, -0.15) is 0 Å². The van der Waals surface area contributed by atoms with Gasteiger partial charge in [-0.1, -0.05) is 28.1 Å². The maximum Gasteiger partial charge on any atom is 0.346 e. The van der Waals surface area contributed by atoms with Crippen LogP contribution in [0.1, 0.15) is 10.4 Å². The molecule has 0 aliphatic heterocycles. The van der Waals surface area contributed by atoms with E-state index in [0.29, 0.717) is 17.2 Å². The Labute approximate surface area is 147 Å². The van der Waals surface area contributed by atoms with Gasteiger partial charge in [0, 0.05) is 10.2 Å². The van der Waals surface area contributed by atoms with E-state index in [1.807, 2.05) is 6.07 Å². The molecule has 0 unspecified atom stereocenters. The van der Waals surface area contributed by atoms with Crippen LogP contribution in [0.15, 0.2) is 46.9 Å². The molecule has 2 aromatic rings. The first-order valence-corrected chi connectivity index (χ1v) is 7.78. The fourth-order valence-corrected chi connectivity index (χ4v) is 2.42.